The number of carbonyl (C=O) groups is 1. The summed E-state index contributed by atoms with van der Waals surface area (Å²) in [5.74, 6) is 0.864. The van der Waals surface area contributed by atoms with Gasteiger partial charge in [0.1, 0.15) is 5.75 Å². The Kier molecular flexibility index (Phi) is 6.42. The van der Waals surface area contributed by atoms with Crippen molar-refractivity contribution in [3.8, 4) is 5.75 Å². The van der Waals surface area contributed by atoms with Crippen LogP contribution < -0.4 is 10.3 Å². The molecular weight excluding hydrogens is 396 g/mol. The number of para-hydroxylation sites is 1. The molecule has 0 aliphatic rings. The number of halogens is 1. The third-order valence-corrected chi connectivity index (χ3v) is 5.45. The fourth-order valence-corrected chi connectivity index (χ4v) is 4.00. The average Bonchev–Trinajstić information content (AvgIpc) is 2.68. The maximum atomic E-state index is 12.9. The van der Waals surface area contributed by atoms with Crippen molar-refractivity contribution in [2.24, 2.45) is 5.92 Å². The van der Waals surface area contributed by atoms with Crippen LogP contribution in [0, 0.1) is 5.92 Å². The lowest BCUT2D eigenvalue weighted by Gasteiger charge is -2.14. The molecule has 1 heterocycles. The summed E-state index contributed by atoms with van der Waals surface area (Å²) in [6.45, 7) is 4.63. The molecule has 1 aromatic heterocycles. The molecule has 5 nitrogen and oxygen atoms in total. The third kappa shape index (κ3) is 4.39. The second-order valence-corrected chi connectivity index (χ2v) is 8.13. The largest absolute Gasteiger partial charge is 0.495 e. The Hall–Kier alpha value is -2.31. The Balaban J connectivity index is 1.89. The van der Waals surface area contributed by atoms with E-state index in [9.17, 15) is 9.59 Å². The molecule has 0 spiro atoms. The molecule has 146 valence electrons. The van der Waals surface area contributed by atoms with E-state index >= 15 is 0 Å². The van der Waals surface area contributed by atoms with Gasteiger partial charge >= 0.3 is 0 Å². The van der Waals surface area contributed by atoms with E-state index in [0.717, 1.165) is 0 Å². The summed E-state index contributed by atoms with van der Waals surface area (Å²) >= 11 is 7.38. The summed E-state index contributed by atoms with van der Waals surface area (Å²) < 4.78 is 6.78. The first-order valence-electron chi connectivity index (χ1n) is 8.89. The molecule has 2 aromatic carbocycles. The topological polar surface area (TPSA) is 61.2 Å². The molecule has 0 aliphatic carbocycles. The van der Waals surface area contributed by atoms with Gasteiger partial charge in [-0.2, -0.15) is 0 Å². The summed E-state index contributed by atoms with van der Waals surface area (Å²) in [6, 6.07) is 12.2. The lowest BCUT2D eigenvalue weighted by atomic mass is 10.1. The number of benzene rings is 2. The molecule has 7 heteroatoms. The van der Waals surface area contributed by atoms with Crippen LogP contribution in [0.5, 0.6) is 5.75 Å². The molecule has 0 unspecified atom stereocenters. The Morgan fingerprint density at radius 3 is 2.68 bits per heavy atom. The Morgan fingerprint density at radius 2 is 2.00 bits per heavy atom. The van der Waals surface area contributed by atoms with Crippen LogP contribution in [0.2, 0.25) is 5.02 Å². The van der Waals surface area contributed by atoms with Gasteiger partial charge in [0.15, 0.2) is 10.9 Å². The smallest absolute Gasteiger partial charge is 0.262 e. The van der Waals surface area contributed by atoms with Crippen molar-refractivity contribution in [3.05, 3.63) is 63.4 Å². The van der Waals surface area contributed by atoms with Crippen molar-refractivity contribution in [2.45, 2.75) is 25.5 Å². The quantitative estimate of drug-likeness (QED) is 0.317. The van der Waals surface area contributed by atoms with Crippen LogP contribution in [0.1, 0.15) is 24.2 Å². The number of hydrogen-bond donors (Lipinski definition) is 0. The van der Waals surface area contributed by atoms with Crippen molar-refractivity contribution in [3.63, 3.8) is 0 Å². The minimum atomic E-state index is -0.0898. The number of rotatable bonds is 7. The van der Waals surface area contributed by atoms with Gasteiger partial charge in [0, 0.05) is 12.1 Å². The van der Waals surface area contributed by atoms with E-state index in [1.54, 1.807) is 28.8 Å². The summed E-state index contributed by atoms with van der Waals surface area (Å²) in [6.07, 6.45) is 0. The van der Waals surface area contributed by atoms with E-state index < -0.39 is 0 Å². The zero-order valence-electron chi connectivity index (χ0n) is 15.9. The van der Waals surface area contributed by atoms with Crippen LogP contribution >= 0.6 is 23.4 Å². The molecule has 0 bridgehead atoms. The van der Waals surface area contributed by atoms with E-state index in [1.165, 1.54) is 18.9 Å². The summed E-state index contributed by atoms with van der Waals surface area (Å²) in [5, 5.41) is 1.52. The van der Waals surface area contributed by atoms with Crippen LogP contribution in [0.25, 0.3) is 10.9 Å². The highest BCUT2D eigenvalue weighted by Crippen LogP contribution is 2.26. The molecule has 0 N–H and O–H groups in total. The molecular formula is C21H21ClN2O3S. The highest BCUT2D eigenvalue weighted by Gasteiger charge is 2.15. The maximum absolute atomic E-state index is 12.9. The standard InChI is InChI=1S/C21H21ClN2O3S/c1-13(2)11-24-20(26)15-6-4-5-7-17(15)23-21(24)28-12-18(25)14-8-9-19(27-3)16(22)10-14/h4-10,13H,11-12H2,1-3H3. The van der Waals surface area contributed by atoms with E-state index in [2.05, 4.69) is 4.98 Å². The molecule has 3 rings (SSSR count). The Morgan fingerprint density at radius 1 is 1.25 bits per heavy atom. The summed E-state index contributed by atoms with van der Waals surface area (Å²) in [4.78, 5) is 30.2. The van der Waals surface area contributed by atoms with Gasteiger partial charge in [0.05, 0.1) is 28.8 Å². The Bertz CT molecular complexity index is 1080. The van der Waals surface area contributed by atoms with Crippen LogP contribution in [0.15, 0.2) is 52.4 Å². The van der Waals surface area contributed by atoms with Gasteiger partial charge in [0.2, 0.25) is 0 Å². The number of ketones is 1. The molecule has 0 atom stereocenters. The van der Waals surface area contributed by atoms with Crippen molar-refractivity contribution in [2.75, 3.05) is 12.9 Å². The molecule has 28 heavy (non-hydrogen) atoms. The summed E-state index contributed by atoms with van der Waals surface area (Å²) in [5.41, 5.74) is 1.05. The van der Waals surface area contributed by atoms with E-state index in [-0.39, 0.29) is 23.0 Å². The molecule has 3 aromatic rings. The monoisotopic (exact) mass is 416 g/mol. The van der Waals surface area contributed by atoms with Crippen molar-refractivity contribution in [1.82, 2.24) is 9.55 Å². The minimum absolute atomic E-state index is 0.0817. The van der Waals surface area contributed by atoms with E-state index in [1.807, 2.05) is 32.0 Å². The minimum Gasteiger partial charge on any atom is -0.495 e. The van der Waals surface area contributed by atoms with E-state index in [0.29, 0.717) is 38.9 Å². The first kappa shape index (κ1) is 20.4. The highest BCUT2D eigenvalue weighted by atomic mass is 35.5. The van der Waals surface area contributed by atoms with Gasteiger partial charge in [-0.1, -0.05) is 49.3 Å². The number of ether oxygens (including phenoxy) is 1. The van der Waals surface area contributed by atoms with Gasteiger partial charge < -0.3 is 4.74 Å². The number of aromatic nitrogens is 2. The fourth-order valence-electron chi connectivity index (χ4n) is 2.84. The normalized spacial score (nSPS) is 11.2. The third-order valence-electron chi connectivity index (χ3n) is 4.18. The van der Waals surface area contributed by atoms with Gasteiger partial charge in [-0.3, -0.25) is 14.2 Å². The van der Waals surface area contributed by atoms with Gasteiger partial charge in [-0.05, 0) is 36.2 Å². The van der Waals surface area contributed by atoms with Crippen LogP contribution in [0.4, 0.5) is 0 Å². The average molecular weight is 417 g/mol. The summed E-state index contributed by atoms with van der Waals surface area (Å²) in [7, 11) is 1.53. The molecule has 0 radical (unpaired) electrons. The van der Waals surface area contributed by atoms with Crippen molar-refractivity contribution < 1.29 is 9.53 Å². The van der Waals surface area contributed by atoms with Gasteiger partial charge in [-0.15, -0.1) is 0 Å². The molecule has 0 saturated carbocycles. The molecule has 0 amide bonds. The maximum Gasteiger partial charge on any atom is 0.262 e. The second-order valence-electron chi connectivity index (χ2n) is 6.78. The predicted octanol–water partition coefficient (Wildman–Crippen LogP) is 4.69. The second kappa shape index (κ2) is 8.80. The van der Waals surface area contributed by atoms with E-state index in [4.69, 9.17) is 16.3 Å². The van der Waals surface area contributed by atoms with Crippen molar-refractivity contribution in [1.29, 1.82) is 0 Å². The first-order chi connectivity index (χ1) is 13.4. The number of hydrogen-bond acceptors (Lipinski definition) is 5. The number of Topliss-reactive ketones (excluding diaryl/α,β-unsaturated/α-hetero) is 1. The van der Waals surface area contributed by atoms with Crippen LogP contribution in [-0.2, 0) is 6.54 Å². The van der Waals surface area contributed by atoms with Crippen LogP contribution in [-0.4, -0.2) is 28.2 Å². The number of carbonyl (C=O) groups excluding carboxylic acids is 1. The first-order valence-corrected chi connectivity index (χ1v) is 10.3. The highest BCUT2D eigenvalue weighted by molar-refractivity contribution is 7.99. The number of fused-ring (bicyclic) bond motifs is 1. The SMILES string of the molecule is COc1ccc(C(=O)CSc2nc3ccccc3c(=O)n2CC(C)C)cc1Cl. The van der Waals surface area contributed by atoms with Gasteiger partial charge in [-0.25, -0.2) is 4.98 Å². The Labute approximate surface area is 172 Å². The lowest BCUT2D eigenvalue weighted by Crippen LogP contribution is -2.25. The molecule has 0 fully saturated rings. The van der Waals surface area contributed by atoms with Gasteiger partial charge in [0.25, 0.3) is 5.56 Å². The number of methoxy groups -OCH3 is 1. The lowest BCUT2D eigenvalue weighted by molar-refractivity contribution is 0.102. The zero-order chi connectivity index (χ0) is 20.3. The molecule has 0 aliphatic heterocycles. The van der Waals surface area contributed by atoms with Crippen LogP contribution in [0.3, 0.4) is 0 Å². The zero-order valence-corrected chi connectivity index (χ0v) is 17.5. The number of nitrogens with zero attached hydrogens (tertiary/aromatic N) is 2. The van der Waals surface area contributed by atoms with Crippen molar-refractivity contribution >= 4 is 40.0 Å². The fraction of sp³-hybridized carbons (Fsp3) is 0.286. The predicted molar refractivity (Wildman–Crippen MR) is 114 cm³/mol. The molecule has 0 saturated heterocycles. The number of thioether (sulfide) groups is 1.